The van der Waals surface area contributed by atoms with Gasteiger partial charge in [-0.1, -0.05) is 6.92 Å². The normalized spacial score (nSPS) is 12.8. The summed E-state index contributed by atoms with van der Waals surface area (Å²) in [5.41, 5.74) is 0. The number of carbonyl (C=O) groups is 1. The Morgan fingerprint density at radius 1 is 1.88 bits per heavy atom. The van der Waals surface area contributed by atoms with Crippen LogP contribution >= 0.6 is 8.25 Å². The Morgan fingerprint density at radius 3 is 2.50 bits per heavy atom. The summed E-state index contributed by atoms with van der Waals surface area (Å²) in [5, 5.41) is 0. The maximum absolute atomic E-state index is 10.1. The molecule has 1 atom stereocenters. The van der Waals surface area contributed by atoms with Crippen LogP contribution in [0.3, 0.4) is 0 Å². The molecule has 0 rings (SSSR count). The highest BCUT2D eigenvalue weighted by Crippen LogP contribution is 2.14. The zero-order chi connectivity index (χ0) is 6.57. The van der Waals surface area contributed by atoms with Crippen LogP contribution in [0.25, 0.3) is 0 Å². The molecule has 0 aromatic carbocycles. The summed E-state index contributed by atoms with van der Waals surface area (Å²) >= 11 is 0. The van der Waals surface area contributed by atoms with E-state index in [0.717, 1.165) is 0 Å². The van der Waals surface area contributed by atoms with Gasteiger partial charge in [0.15, 0.2) is 0 Å². The highest BCUT2D eigenvalue weighted by molar-refractivity contribution is 7.32. The van der Waals surface area contributed by atoms with Crippen molar-refractivity contribution in [3.05, 3.63) is 0 Å². The molecule has 4 nitrogen and oxygen atoms in total. The van der Waals surface area contributed by atoms with E-state index < -0.39 is 14.2 Å². The Morgan fingerprint density at radius 2 is 2.38 bits per heavy atom. The van der Waals surface area contributed by atoms with Gasteiger partial charge in [0.25, 0.3) is 0 Å². The molecule has 0 aromatic rings. The van der Waals surface area contributed by atoms with E-state index in [-0.39, 0.29) is 6.42 Å². The van der Waals surface area contributed by atoms with Gasteiger partial charge in [0, 0.05) is 6.42 Å². The molecule has 5 heteroatoms. The van der Waals surface area contributed by atoms with E-state index in [0.29, 0.717) is 0 Å². The fraction of sp³-hybridized carbons (Fsp3) is 0.667. The Balaban J connectivity index is 3.40. The number of hydrogen-bond acceptors (Lipinski definition) is 3. The Kier molecular flexibility index (Phi) is 3.48. The van der Waals surface area contributed by atoms with E-state index in [1.54, 1.807) is 6.92 Å². The maximum atomic E-state index is 10.1. The quantitative estimate of drug-likeness (QED) is 0.558. The van der Waals surface area contributed by atoms with Gasteiger partial charge in [-0.05, 0) is 0 Å². The van der Waals surface area contributed by atoms with E-state index in [1.807, 2.05) is 0 Å². The Bertz CT molecular complexity index is 110. The molecular weight excluding hydrogens is 131 g/mol. The molecule has 0 aliphatic heterocycles. The monoisotopic (exact) mass is 138 g/mol. The molecule has 0 fully saturated rings. The SMILES string of the molecule is CCC(=O)O[PH](=O)O. The molecule has 8 heavy (non-hydrogen) atoms. The number of rotatable bonds is 2. The summed E-state index contributed by atoms with van der Waals surface area (Å²) in [7, 11) is -3.05. The van der Waals surface area contributed by atoms with Crippen LogP contribution < -0.4 is 0 Å². The van der Waals surface area contributed by atoms with Crippen LogP contribution in [0.15, 0.2) is 0 Å². The molecule has 0 radical (unpaired) electrons. The molecule has 0 aliphatic carbocycles. The predicted octanol–water partition coefficient (Wildman–Crippen LogP) is 0.322. The molecule has 0 spiro atoms. The lowest BCUT2D eigenvalue weighted by atomic mass is 10.5. The van der Waals surface area contributed by atoms with Gasteiger partial charge in [-0.15, -0.1) is 0 Å². The Labute approximate surface area is 47.4 Å². The first-order chi connectivity index (χ1) is 3.66. The average Bonchev–Trinajstić information content (AvgIpc) is 1.65. The van der Waals surface area contributed by atoms with Crippen molar-refractivity contribution in [2.45, 2.75) is 13.3 Å². The van der Waals surface area contributed by atoms with Crippen molar-refractivity contribution in [2.75, 3.05) is 0 Å². The van der Waals surface area contributed by atoms with E-state index in [4.69, 9.17) is 4.89 Å². The molecule has 0 saturated carbocycles. The van der Waals surface area contributed by atoms with Gasteiger partial charge in [0.05, 0.1) is 0 Å². The smallest absolute Gasteiger partial charge is 0.367 e. The second-order valence-electron chi connectivity index (χ2n) is 1.09. The van der Waals surface area contributed by atoms with Crippen LogP contribution in [0.4, 0.5) is 0 Å². The van der Waals surface area contributed by atoms with Gasteiger partial charge in [0.1, 0.15) is 0 Å². The summed E-state index contributed by atoms with van der Waals surface area (Å²) in [6, 6.07) is 0. The molecule has 1 N–H and O–H groups in total. The van der Waals surface area contributed by atoms with Crippen molar-refractivity contribution >= 4 is 14.2 Å². The van der Waals surface area contributed by atoms with Gasteiger partial charge in [-0.25, -0.2) is 4.57 Å². The fourth-order valence-electron chi connectivity index (χ4n) is 0.170. The zero-order valence-corrected chi connectivity index (χ0v) is 5.38. The molecule has 48 valence electrons. The van der Waals surface area contributed by atoms with Gasteiger partial charge in [-0.2, -0.15) is 0 Å². The van der Waals surface area contributed by atoms with Crippen LogP contribution in [0.2, 0.25) is 0 Å². The first-order valence-corrected chi connectivity index (χ1v) is 3.36. The third-order valence-electron chi connectivity index (χ3n) is 0.490. The molecule has 0 bridgehead atoms. The first-order valence-electron chi connectivity index (χ1n) is 2.10. The van der Waals surface area contributed by atoms with Crippen LogP contribution in [0, 0.1) is 0 Å². The minimum atomic E-state index is -3.05. The van der Waals surface area contributed by atoms with E-state index in [1.165, 1.54) is 0 Å². The van der Waals surface area contributed by atoms with Crippen molar-refractivity contribution in [2.24, 2.45) is 0 Å². The highest BCUT2D eigenvalue weighted by Gasteiger charge is 1.98. The van der Waals surface area contributed by atoms with Gasteiger partial charge in [-0.3, -0.25) is 4.79 Å². The van der Waals surface area contributed by atoms with E-state index >= 15 is 0 Å². The predicted molar refractivity (Wildman–Crippen MR) is 27.6 cm³/mol. The maximum Gasteiger partial charge on any atom is 0.367 e. The second-order valence-corrected chi connectivity index (χ2v) is 1.83. The summed E-state index contributed by atoms with van der Waals surface area (Å²) in [4.78, 5) is 18.0. The van der Waals surface area contributed by atoms with Crippen molar-refractivity contribution in [3.63, 3.8) is 0 Å². The Hall–Kier alpha value is -0.340. The number of hydrogen-bond donors (Lipinski definition) is 1. The molecule has 0 saturated heterocycles. The van der Waals surface area contributed by atoms with Crippen LogP contribution in [-0.2, 0) is 13.9 Å². The zero-order valence-electron chi connectivity index (χ0n) is 4.38. The molecule has 1 unspecified atom stereocenters. The van der Waals surface area contributed by atoms with Crippen LogP contribution in [-0.4, -0.2) is 10.9 Å². The summed E-state index contributed by atoms with van der Waals surface area (Å²) in [5.74, 6) is -0.642. The topological polar surface area (TPSA) is 63.6 Å². The minimum Gasteiger partial charge on any atom is -0.394 e. The van der Waals surface area contributed by atoms with Crippen LogP contribution in [0.5, 0.6) is 0 Å². The van der Waals surface area contributed by atoms with Crippen molar-refractivity contribution in [1.82, 2.24) is 0 Å². The highest BCUT2D eigenvalue weighted by atomic mass is 31.1. The summed E-state index contributed by atoms with van der Waals surface area (Å²) in [6.07, 6.45) is 0.136. The first kappa shape index (κ1) is 7.66. The average molecular weight is 138 g/mol. The van der Waals surface area contributed by atoms with Crippen molar-refractivity contribution in [1.29, 1.82) is 0 Å². The molecular formula is C3H7O4P. The van der Waals surface area contributed by atoms with Crippen molar-refractivity contribution in [3.8, 4) is 0 Å². The summed E-state index contributed by atoms with van der Waals surface area (Å²) < 4.78 is 13.6. The van der Waals surface area contributed by atoms with Gasteiger partial charge in [0.2, 0.25) is 0 Å². The molecule has 0 aliphatic rings. The lowest BCUT2D eigenvalue weighted by Gasteiger charge is -1.93. The fourth-order valence-corrected chi connectivity index (χ4v) is 0.509. The third-order valence-corrected chi connectivity index (χ3v) is 0.892. The standard InChI is InChI=1S/C3H7O4P/c1-2-3(4)7-8(5)6/h8H,2H2,1H3,(H,5,6). The van der Waals surface area contributed by atoms with Crippen LogP contribution in [0.1, 0.15) is 13.3 Å². The molecule has 0 aromatic heterocycles. The lowest BCUT2D eigenvalue weighted by molar-refractivity contribution is -0.133. The van der Waals surface area contributed by atoms with Gasteiger partial charge < -0.3 is 9.42 Å². The van der Waals surface area contributed by atoms with E-state index in [9.17, 15) is 9.36 Å². The van der Waals surface area contributed by atoms with E-state index in [2.05, 4.69) is 4.52 Å². The molecule has 0 heterocycles. The van der Waals surface area contributed by atoms with Crippen molar-refractivity contribution < 1.29 is 18.8 Å². The third kappa shape index (κ3) is 3.84. The second kappa shape index (κ2) is 3.64. The summed E-state index contributed by atoms with van der Waals surface area (Å²) in [6.45, 7) is 1.55. The lowest BCUT2D eigenvalue weighted by Crippen LogP contribution is -1.93. The minimum absolute atomic E-state index is 0.136. The molecule has 0 amide bonds. The number of carbonyl (C=O) groups excluding carboxylic acids is 1. The van der Waals surface area contributed by atoms with Gasteiger partial charge >= 0.3 is 14.2 Å². The largest absolute Gasteiger partial charge is 0.394 e.